The molecule has 4 heteroatoms. The molecule has 0 unspecified atom stereocenters. The lowest BCUT2D eigenvalue weighted by Crippen LogP contribution is -2.10. The van der Waals surface area contributed by atoms with Gasteiger partial charge in [0.2, 0.25) is 0 Å². The van der Waals surface area contributed by atoms with Gasteiger partial charge in [-0.05, 0) is 99.3 Å². The van der Waals surface area contributed by atoms with Crippen LogP contribution in [0, 0.1) is 0 Å². The van der Waals surface area contributed by atoms with Crippen molar-refractivity contribution in [1.29, 1.82) is 0 Å². The average Bonchev–Trinajstić information content (AvgIpc) is 3.54. The molecule has 4 nitrogen and oxygen atoms in total. The molecule has 0 spiro atoms. The molecule has 3 heterocycles. The summed E-state index contributed by atoms with van der Waals surface area (Å²) in [6.45, 7) is 6.74. The predicted molar refractivity (Wildman–Crippen MR) is 165 cm³/mol. The molecule has 9 aromatic rings. The van der Waals surface area contributed by atoms with Crippen LogP contribution in [0.5, 0.6) is 11.5 Å². The number of phenolic OH excluding ortho intramolecular Hbond substituents is 2. The van der Waals surface area contributed by atoms with E-state index in [0.29, 0.717) is 5.58 Å². The molecule has 0 fully saturated rings. The zero-order chi connectivity index (χ0) is 27.1. The lowest BCUT2D eigenvalue weighted by Gasteiger charge is -2.19. The Kier molecular flexibility index (Phi) is 3.82. The molecule has 0 amide bonds. The van der Waals surface area contributed by atoms with E-state index in [1.807, 2.05) is 18.2 Å². The highest BCUT2D eigenvalue weighted by molar-refractivity contribution is 6.32. The lowest BCUT2D eigenvalue weighted by atomic mass is 9.86. The lowest BCUT2D eigenvalue weighted by molar-refractivity contribution is 0.474. The Balaban J connectivity index is 1.49. The summed E-state index contributed by atoms with van der Waals surface area (Å²) in [6, 6.07) is 29.0. The summed E-state index contributed by atoms with van der Waals surface area (Å²) in [6.07, 6.45) is 0. The summed E-state index contributed by atoms with van der Waals surface area (Å²) in [7, 11) is 0. The van der Waals surface area contributed by atoms with Gasteiger partial charge in [0.1, 0.15) is 22.7 Å². The first-order chi connectivity index (χ1) is 19.2. The van der Waals surface area contributed by atoms with Gasteiger partial charge in [-0.1, -0.05) is 32.9 Å². The quantitative estimate of drug-likeness (QED) is 0.210. The second-order valence-electron chi connectivity index (χ2n) is 12.2. The molecule has 0 aliphatic heterocycles. The molecule has 0 saturated carbocycles. The van der Waals surface area contributed by atoms with E-state index in [1.54, 1.807) is 18.2 Å². The first-order valence-corrected chi connectivity index (χ1v) is 13.6. The number of nitrogens with zero attached hydrogens (tertiary/aromatic N) is 1. The summed E-state index contributed by atoms with van der Waals surface area (Å²) in [4.78, 5) is 0. The number of hydrogen-bond donors (Lipinski definition) is 2. The molecule has 0 atom stereocenters. The minimum Gasteiger partial charge on any atom is -0.508 e. The molecule has 0 saturated heterocycles. The van der Waals surface area contributed by atoms with Gasteiger partial charge in [-0.15, -0.1) is 0 Å². The number of furan rings is 1. The van der Waals surface area contributed by atoms with E-state index in [4.69, 9.17) is 4.42 Å². The van der Waals surface area contributed by atoms with Crippen molar-refractivity contribution in [3.63, 3.8) is 0 Å². The molecule has 0 aliphatic carbocycles. The van der Waals surface area contributed by atoms with E-state index in [-0.39, 0.29) is 16.9 Å². The van der Waals surface area contributed by atoms with Crippen LogP contribution < -0.4 is 0 Å². The third-order valence-corrected chi connectivity index (χ3v) is 8.75. The van der Waals surface area contributed by atoms with Crippen LogP contribution in [0.4, 0.5) is 0 Å². The van der Waals surface area contributed by atoms with Gasteiger partial charge in [0, 0.05) is 38.4 Å². The number of aromatic hydroxyl groups is 2. The van der Waals surface area contributed by atoms with Gasteiger partial charge in [-0.3, -0.25) is 0 Å². The summed E-state index contributed by atoms with van der Waals surface area (Å²) in [5, 5.41) is 31.7. The van der Waals surface area contributed by atoms with Gasteiger partial charge in [-0.25, -0.2) is 0 Å². The molecular formula is C36H25NO3. The van der Waals surface area contributed by atoms with Crippen molar-refractivity contribution in [3.05, 3.63) is 90.5 Å². The van der Waals surface area contributed by atoms with Gasteiger partial charge >= 0.3 is 0 Å². The molecule has 3 aromatic heterocycles. The number of phenols is 2. The fourth-order valence-corrected chi connectivity index (χ4v) is 6.80. The second-order valence-corrected chi connectivity index (χ2v) is 12.2. The van der Waals surface area contributed by atoms with Crippen molar-refractivity contribution in [2.45, 2.75) is 26.2 Å². The Morgan fingerprint density at radius 2 is 1.27 bits per heavy atom. The third kappa shape index (κ3) is 2.70. The largest absolute Gasteiger partial charge is 0.508 e. The van der Waals surface area contributed by atoms with E-state index >= 15 is 0 Å². The maximum Gasteiger partial charge on any atom is 0.139 e. The highest BCUT2D eigenvalue weighted by atomic mass is 16.3. The van der Waals surface area contributed by atoms with Crippen LogP contribution in [-0.2, 0) is 5.41 Å². The standard InChI is InChI=1S/C36H25NO3/c1-36(2,3)21-5-9-30-29(15-21)34-25-16-22(38)6-4-18(25)10-28-26-11-19-12-27-24-8-7-23(39)17-33(24)40-32(27)14-20(19)13-31(26)37(30)35(28)34/h4-17,38-39H,1-3H3. The Morgan fingerprint density at radius 3 is 2.12 bits per heavy atom. The van der Waals surface area contributed by atoms with E-state index < -0.39 is 0 Å². The fourth-order valence-electron chi connectivity index (χ4n) is 6.80. The summed E-state index contributed by atoms with van der Waals surface area (Å²) in [5.74, 6) is 0.477. The van der Waals surface area contributed by atoms with Crippen LogP contribution in [-0.4, -0.2) is 14.6 Å². The predicted octanol–water partition coefficient (Wildman–Crippen LogP) is 9.75. The Bertz CT molecular complexity index is 2540. The van der Waals surface area contributed by atoms with E-state index in [2.05, 4.69) is 73.7 Å². The Labute approximate surface area is 228 Å². The van der Waals surface area contributed by atoms with Crippen molar-refractivity contribution in [2.75, 3.05) is 0 Å². The van der Waals surface area contributed by atoms with Gasteiger partial charge < -0.3 is 19.0 Å². The number of benzene rings is 6. The molecule has 2 N–H and O–H groups in total. The van der Waals surface area contributed by atoms with Crippen LogP contribution in [0.3, 0.4) is 0 Å². The van der Waals surface area contributed by atoms with E-state index in [9.17, 15) is 10.2 Å². The van der Waals surface area contributed by atoms with Crippen molar-refractivity contribution in [1.82, 2.24) is 4.40 Å². The van der Waals surface area contributed by atoms with Gasteiger partial charge in [-0.2, -0.15) is 0 Å². The number of aromatic nitrogens is 1. The summed E-state index contributed by atoms with van der Waals surface area (Å²) < 4.78 is 8.55. The highest BCUT2D eigenvalue weighted by Gasteiger charge is 2.23. The molecule has 9 rings (SSSR count). The van der Waals surface area contributed by atoms with Crippen LogP contribution in [0.25, 0.3) is 81.6 Å². The molecule has 40 heavy (non-hydrogen) atoms. The SMILES string of the molecule is CC(C)(C)c1ccc2c(c1)c1c3cc(O)ccc3cc3c4cc5cc6c(cc5cc4n2c31)oc1cc(O)ccc16. The number of rotatable bonds is 0. The monoisotopic (exact) mass is 519 g/mol. The topological polar surface area (TPSA) is 58.0 Å². The van der Waals surface area contributed by atoms with Crippen molar-refractivity contribution in [3.8, 4) is 11.5 Å². The minimum absolute atomic E-state index is 0.0190. The van der Waals surface area contributed by atoms with Crippen LogP contribution >= 0.6 is 0 Å². The van der Waals surface area contributed by atoms with Crippen molar-refractivity contribution in [2.24, 2.45) is 0 Å². The number of fused-ring (bicyclic) bond motifs is 12. The molecule has 0 aliphatic rings. The van der Waals surface area contributed by atoms with Crippen LogP contribution in [0.2, 0.25) is 0 Å². The molecule has 0 bridgehead atoms. The molecule has 6 aromatic carbocycles. The van der Waals surface area contributed by atoms with Crippen molar-refractivity contribution < 1.29 is 14.6 Å². The zero-order valence-electron chi connectivity index (χ0n) is 22.3. The zero-order valence-corrected chi connectivity index (χ0v) is 22.3. The van der Waals surface area contributed by atoms with E-state index in [0.717, 1.165) is 43.4 Å². The number of hydrogen-bond acceptors (Lipinski definition) is 3. The summed E-state index contributed by atoms with van der Waals surface area (Å²) >= 11 is 0. The van der Waals surface area contributed by atoms with Gasteiger partial charge in [0.15, 0.2) is 0 Å². The highest BCUT2D eigenvalue weighted by Crippen LogP contribution is 2.46. The molecule has 192 valence electrons. The maximum absolute atomic E-state index is 10.5. The van der Waals surface area contributed by atoms with E-state index in [1.165, 1.54) is 38.1 Å². The molecule has 0 radical (unpaired) electrons. The van der Waals surface area contributed by atoms with Crippen LogP contribution in [0.15, 0.2) is 89.3 Å². The Hall–Kier alpha value is -4.96. The maximum atomic E-state index is 10.5. The third-order valence-electron chi connectivity index (χ3n) is 8.75. The second kappa shape index (κ2) is 6.97. The average molecular weight is 520 g/mol. The first kappa shape index (κ1) is 21.9. The summed E-state index contributed by atoms with van der Waals surface area (Å²) in [5.41, 5.74) is 6.31. The minimum atomic E-state index is 0.0190. The van der Waals surface area contributed by atoms with Gasteiger partial charge in [0.25, 0.3) is 0 Å². The fraction of sp³-hybridized carbons (Fsp3) is 0.111. The normalized spacial score (nSPS) is 13.1. The Morgan fingerprint density at radius 1 is 0.550 bits per heavy atom. The smallest absolute Gasteiger partial charge is 0.139 e. The first-order valence-electron chi connectivity index (χ1n) is 13.6. The van der Waals surface area contributed by atoms with Gasteiger partial charge in [0.05, 0.1) is 16.6 Å². The molecular weight excluding hydrogens is 494 g/mol. The van der Waals surface area contributed by atoms with Crippen LogP contribution in [0.1, 0.15) is 26.3 Å². The van der Waals surface area contributed by atoms with Crippen molar-refractivity contribution >= 4 is 81.6 Å².